The third-order valence-electron chi connectivity index (χ3n) is 0.907. The first-order valence-electron chi connectivity index (χ1n) is 8.51. The average molecular weight is 199 g/mol. The van der Waals surface area contributed by atoms with Gasteiger partial charge in [0.15, 0.2) is 0 Å². The van der Waals surface area contributed by atoms with Gasteiger partial charge in [-0.3, -0.25) is 4.79 Å². The lowest BCUT2D eigenvalue weighted by Gasteiger charge is -2.23. The summed E-state index contributed by atoms with van der Waals surface area (Å²) >= 11 is 0. The van der Waals surface area contributed by atoms with Crippen LogP contribution in [0, 0.1) is 0 Å². The number of rotatable bonds is 7. The van der Waals surface area contributed by atoms with Crippen LogP contribution in [0.5, 0.6) is 0 Å². The molecule has 0 bridgehead atoms. The van der Waals surface area contributed by atoms with Crippen molar-refractivity contribution in [1.29, 1.82) is 0 Å². The van der Waals surface area contributed by atoms with Crippen molar-refractivity contribution < 1.29 is 28.2 Å². The fourth-order valence-electron chi connectivity index (χ4n) is 0.375. The molecule has 0 aromatic carbocycles. The molecule has 4 nitrogen and oxygen atoms in total. The molecule has 13 heavy (non-hydrogen) atoms. The summed E-state index contributed by atoms with van der Waals surface area (Å²) in [6, 6.07) is -3.74. The van der Waals surface area contributed by atoms with Gasteiger partial charge in [-0.1, -0.05) is 0 Å². The van der Waals surface area contributed by atoms with Gasteiger partial charge >= 0.3 is 5.97 Å². The van der Waals surface area contributed by atoms with Crippen molar-refractivity contribution in [2.45, 2.75) is 25.1 Å². The van der Waals surface area contributed by atoms with Crippen molar-refractivity contribution >= 4 is 5.97 Å². The number of hydrogen-bond acceptors (Lipinski definition) is 2. The maximum atomic E-state index is 11.2. The number of carboxylic acids is 1. The topological polar surface area (TPSA) is 63.3 Å². The summed E-state index contributed by atoms with van der Waals surface area (Å²) in [6.45, 7) is -1.87. The van der Waals surface area contributed by atoms with Gasteiger partial charge in [-0.05, 0) is 19.1 Å². The molecule has 0 saturated carbocycles. The fraction of sp³-hybridized carbons (Fsp3) is 0.889. The Hall–Kier alpha value is -0.610. The summed E-state index contributed by atoms with van der Waals surface area (Å²) < 4.78 is 75.7. The SMILES string of the molecule is [2H]C(C([2H])([2H])C([2H])([2H])C([2H])([2H])[C@@]([2H])(C(=O)O)N([2H])[2H])[N+](C)(C)C. The van der Waals surface area contributed by atoms with Crippen LogP contribution in [0.25, 0.3) is 0 Å². The molecule has 0 aliphatic carbocycles. The van der Waals surface area contributed by atoms with Crippen LogP contribution in [0.3, 0.4) is 0 Å². The summed E-state index contributed by atoms with van der Waals surface area (Å²) in [4.78, 5) is 11.2. The number of carboxylic acid groups (broad SMARTS) is 1. The Morgan fingerprint density at radius 1 is 1.69 bits per heavy atom. The molecule has 0 aliphatic heterocycles. The van der Waals surface area contributed by atoms with Gasteiger partial charge < -0.3 is 15.3 Å². The molecule has 1 unspecified atom stereocenters. The molecule has 0 spiro atoms. The zero-order valence-corrected chi connectivity index (χ0v) is 7.83. The Morgan fingerprint density at radius 3 is 2.69 bits per heavy atom. The zero-order valence-electron chi connectivity index (χ0n) is 17.8. The molecule has 4 heteroatoms. The van der Waals surface area contributed by atoms with E-state index in [0.29, 0.717) is 0 Å². The highest BCUT2D eigenvalue weighted by Crippen LogP contribution is 2.02. The van der Waals surface area contributed by atoms with E-state index < -0.39 is 47.8 Å². The number of hydrogen-bond donors (Lipinski definition) is 2. The molecule has 0 aromatic heterocycles. The minimum Gasteiger partial charge on any atom is -0.480 e. The van der Waals surface area contributed by atoms with E-state index in [1.807, 2.05) is 0 Å². The molecule has 0 amide bonds. The van der Waals surface area contributed by atoms with Gasteiger partial charge in [0.1, 0.15) is 8.84 Å². The quantitative estimate of drug-likeness (QED) is 0.579. The first-order chi connectivity index (χ1) is 9.79. The average Bonchev–Trinajstić information content (AvgIpc) is 2.34. The van der Waals surface area contributed by atoms with Crippen LogP contribution in [0.2, 0.25) is 2.82 Å². The van der Waals surface area contributed by atoms with Gasteiger partial charge in [0.2, 0.25) is 0 Å². The van der Waals surface area contributed by atoms with Crippen LogP contribution < -0.4 is 5.72 Å². The van der Waals surface area contributed by atoms with E-state index in [1.165, 1.54) is 21.1 Å². The predicted molar refractivity (Wildman–Crippen MR) is 52.4 cm³/mol. The molecule has 0 fully saturated rings. The van der Waals surface area contributed by atoms with Crippen molar-refractivity contribution in [1.82, 2.24) is 0 Å². The minimum atomic E-state index is -3.83. The first-order valence-corrected chi connectivity index (χ1v) is 3.54. The van der Waals surface area contributed by atoms with Gasteiger partial charge in [-0.25, -0.2) is 0 Å². The number of nitrogens with zero attached hydrogens (tertiary/aromatic N) is 1. The summed E-state index contributed by atoms with van der Waals surface area (Å²) in [7, 11) is 4.11. The second kappa shape index (κ2) is 5.19. The molecule has 78 valence electrons. The molecule has 3 N–H and O–H groups in total. The molecule has 0 aliphatic rings. The van der Waals surface area contributed by atoms with E-state index in [-0.39, 0.29) is 0 Å². The van der Waals surface area contributed by atoms with E-state index in [0.717, 1.165) is 0 Å². The van der Waals surface area contributed by atoms with Crippen LogP contribution >= 0.6 is 0 Å². The number of nitrogens with two attached hydrogens (primary N) is 1. The molecule has 0 aromatic rings. The van der Waals surface area contributed by atoms with Crippen LogP contribution in [-0.4, -0.2) is 49.2 Å². The lowest BCUT2D eigenvalue weighted by molar-refractivity contribution is -0.870. The first kappa shape index (κ1) is 3.51. The summed E-state index contributed by atoms with van der Waals surface area (Å²) in [5.74, 6) is -2.32. The van der Waals surface area contributed by atoms with E-state index in [4.69, 9.17) is 18.9 Å². The summed E-state index contributed by atoms with van der Waals surface area (Å²) in [5, 5.41) is 9.02. The minimum absolute atomic E-state index is 0.424. The van der Waals surface area contributed by atoms with E-state index in [9.17, 15) is 4.79 Å². The fourth-order valence-corrected chi connectivity index (χ4v) is 0.375. The van der Waals surface area contributed by atoms with E-state index in [1.54, 1.807) is 0 Å². The standard InChI is InChI=1S/C9H20N2O2/c1-11(2,3)7-5-4-6-8(10)9(12)13/h8H,4-7,10H2,1-3H3/p+1/t8-/m0/s1/i4D2,5D2,6D2,7D,8D/hD2/t7?,8-. The number of aliphatic carboxylic acids is 1. The molecule has 0 rings (SSSR count). The van der Waals surface area contributed by atoms with Gasteiger partial charge in [-0.15, -0.1) is 0 Å². The van der Waals surface area contributed by atoms with Gasteiger partial charge in [0.25, 0.3) is 0 Å². The Bertz CT molecular complexity index is 464. The molecule has 2 atom stereocenters. The zero-order chi connectivity index (χ0) is 19.2. The molecule has 0 saturated heterocycles. The van der Waals surface area contributed by atoms with Crippen molar-refractivity contribution in [3.05, 3.63) is 0 Å². The van der Waals surface area contributed by atoms with Crippen molar-refractivity contribution in [2.75, 3.05) is 27.7 Å². The second-order valence-corrected chi connectivity index (χ2v) is 3.29. The highest BCUT2D eigenvalue weighted by molar-refractivity contribution is 5.72. The normalized spacial score (nSPS) is 33.8. The smallest absolute Gasteiger partial charge is 0.320 e. The van der Waals surface area contributed by atoms with Crippen LogP contribution in [0.15, 0.2) is 0 Å². The van der Waals surface area contributed by atoms with E-state index >= 15 is 0 Å². The lowest BCUT2D eigenvalue weighted by Crippen LogP contribution is -2.35. The predicted octanol–water partition coefficient (Wildman–Crippen LogP) is 0.275. The molecular formula is C9H21N2O2+. The maximum absolute atomic E-state index is 11.2. The number of carbonyl (C=O) groups is 1. The number of quaternary nitrogens is 1. The Morgan fingerprint density at radius 2 is 2.31 bits per heavy atom. The summed E-state index contributed by atoms with van der Waals surface area (Å²) in [5.41, 5.74) is -0.825. The van der Waals surface area contributed by atoms with Crippen molar-refractivity contribution in [3.63, 3.8) is 0 Å². The third kappa shape index (κ3) is 7.74. The van der Waals surface area contributed by atoms with Crippen LogP contribution in [-0.2, 0) is 4.79 Å². The van der Waals surface area contributed by atoms with Gasteiger partial charge in [-0.2, -0.15) is 0 Å². The van der Waals surface area contributed by atoms with E-state index in [2.05, 4.69) is 0 Å². The third-order valence-corrected chi connectivity index (χ3v) is 0.907. The highest BCUT2D eigenvalue weighted by Gasteiger charge is 2.11. The van der Waals surface area contributed by atoms with Crippen molar-refractivity contribution in [2.24, 2.45) is 5.72 Å². The second-order valence-electron chi connectivity index (χ2n) is 3.29. The monoisotopic (exact) mass is 199 g/mol. The molecule has 0 heterocycles. The summed E-state index contributed by atoms with van der Waals surface area (Å²) in [6.07, 6.45) is -10.7. The Kier molecular flexibility index (Phi) is 1.40. The van der Waals surface area contributed by atoms with Gasteiger partial charge in [0.05, 0.1) is 30.4 Å². The highest BCUT2D eigenvalue weighted by atomic mass is 16.4. The largest absolute Gasteiger partial charge is 0.480 e. The van der Waals surface area contributed by atoms with Gasteiger partial charge in [0, 0.05) is 8.22 Å². The molecule has 0 radical (unpaired) electrons. The Labute approximate surface area is 94.1 Å². The Balaban J connectivity index is 6.31. The van der Waals surface area contributed by atoms with Crippen LogP contribution in [0.1, 0.15) is 30.1 Å². The molecular weight excluding hydrogens is 168 g/mol. The van der Waals surface area contributed by atoms with Crippen molar-refractivity contribution in [3.8, 4) is 0 Å². The van der Waals surface area contributed by atoms with Crippen LogP contribution in [0.4, 0.5) is 0 Å². The maximum Gasteiger partial charge on any atom is 0.320 e. The lowest BCUT2D eigenvalue weighted by atomic mass is 10.1.